The zero-order chi connectivity index (χ0) is 18.1. The van der Waals surface area contributed by atoms with E-state index in [0.717, 1.165) is 33.1 Å². The van der Waals surface area contributed by atoms with Crippen LogP contribution in [-0.2, 0) is 6.42 Å². The van der Waals surface area contributed by atoms with Gasteiger partial charge in [-0.3, -0.25) is 10.3 Å². The fourth-order valence-electron chi connectivity index (χ4n) is 3.10. The molecule has 2 aromatic carbocycles. The van der Waals surface area contributed by atoms with E-state index < -0.39 is 0 Å². The summed E-state index contributed by atoms with van der Waals surface area (Å²) in [5, 5.41) is 14.0. The van der Waals surface area contributed by atoms with Crippen LogP contribution >= 0.6 is 0 Å². The van der Waals surface area contributed by atoms with Gasteiger partial charge in [-0.1, -0.05) is 36.4 Å². The van der Waals surface area contributed by atoms with E-state index in [0.29, 0.717) is 18.3 Å². The number of rotatable bonds is 4. The summed E-state index contributed by atoms with van der Waals surface area (Å²) in [5.74, 6) is 0.621. The Kier molecular flexibility index (Phi) is 3.72. The number of para-hydroxylation sites is 2. The standard InChI is InChI=1S/C21H15N5O/c1-2-6-16-15(5-1)18(13-14-9-11-22-12-10-14)25-26-20(16)24-21-23-17-7-3-4-8-19(17)27-21/h1-12H,13H2,(H,23,24,26). The highest BCUT2D eigenvalue weighted by Gasteiger charge is 2.12. The molecule has 0 unspecified atom stereocenters. The lowest BCUT2D eigenvalue weighted by Gasteiger charge is -2.09. The Morgan fingerprint density at radius 2 is 1.59 bits per heavy atom. The molecule has 5 rings (SSSR count). The molecule has 0 atom stereocenters. The zero-order valence-corrected chi connectivity index (χ0v) is 14.3. The molecule has 0 fully saturated rings. The molecule has 5 aromatic rings. The summed E-state index contributed by atoms with van der Waals surface area (Å²) >= 11 is 0. The van der Waals surface area contributed by atoms with E-state index in [1.165, 1.54) is 0 Å². The Balaban J connectivity index is 1.54. The van der Waals surface area contributed by atoms with Crippen molar-refractivity contribution in [2.45, 2.75) is 6.42 Å². The molecule has 3 aromatic heterocycles. The number of anilines is 2. The Morgan fingerprint density at radius 1 is 0.815 bits per heavy atom. The van der Waals surface area contributed by atoms with Crippen LogP contribution < -0.4 is 5.32 Å². The largest absolute Gasteiger partial charge is 0.423 e. The van der Waals surface area contributed by atoms with E-state index in [-0.39, 0.29) is 0 Å². The predicted octanol–water partition coefficient (Wildman–Crippen LogP) is 4.50. The number of hydrogen-bond donors (Lipinski definition) is 1. The van der Waals surface area contributed by atoms with Gasteiger partial charge in [0.05, 0.1) is 5.69 Å². The predicted molar refractivity (Wildman–Crippen MR) is 104 cm³/mol. The molecule has 0 amide bonds. The smallest absolute Gasteiger partial charge is 0.301 e. The van der Waals surface area contributed by atoms with Crippen LogP contribution in [0.5, 0.6) is 0 Å². The maximum Gasteiger partial charge on any atom is 0.301 e. The van der Waals surface area contributed by atoms with Crippen molar-refractivity contribution in [3.8, 4) is 0 Å². The minimum Gasteiger partial charge on any atom is -0.423 e. The molecule has 0 bridgehead atoms. The van der Waals surface area contributed by atoms with Crippen molar-refractivity contribution in [2.75, 3.05) is 5.32 Å². The third-order valence-corrected chi connectivity index (χ3v) is 4.40. The monoisotopic (exact) mass is 353 g/mol. The molecule has 0 saturated heterocycles. The van der Waals surface area contributed by atoms with Gasteiger partial charge in [0.25, 0.3) is 0 Å². The molecule has 0 radical (unpaired) electrons. The fraction of sp³-hybridized carbons (Fsp3) is 0.0476. The zero-order valence-electron chi connectivity index (χ0n) is 14.3. The van der Waals surface area contributed by atoms with Gasteiger partial charge in [0.15, 0.2) is 11.4 Å². The van der Waals surface area contributed by atoms with Crippen LogP contribution in [-0.4, -0.2) is 20.2 Å². The fourth-order valence-corrected chi connectivity index (χ4v) is 3.10. The van der Waals surface area contributed by atoms with E-state index >= 15 is 0 Å². The molecule has 6 nitrogen and oxygen atoms in total. The summed E-state index contributed by atoms with van der Waals surface area (Å²) in [4.78, 5) is 8.52. The lowest BCUT2D eigenvalue weighted by molar-refractivity contribution is 0.622. The Labute approximate surface area is 154 Å². The summed E-state index contributed by atoms with van der Waals surface area (Å²) in [6.07, 6.45) is 4.27. The number of nitrogens with zero attached hydrogens (tertiary/aromatic N) is 4. The molecule has 0 aliphatic rings. The first-order chi connectivity index (χ1) is 13.4. The highest BCUT2D eigenvalue weighted by atomic mass is 16.4. The summed E-state index contributed by atoms with van der Waals surface area (Å²) in [7, 11) is 0. The molecule has 0 spiro atoms. The Morgan fingerprint density at radius 3 is 2.44 bits per heavy atom. The third-order valence-electron chi connectivity index (χ3n) is 4.40. The normalized spacial score (nSPS) is 11.1. The third kappa shape index (κ3) is 2.97. The second-order valence-corrected chi connectivity index (χ2v) is 6.18. The van der Waals surface area contributed by atoms with Crippen molar-refractivity contribution in [1.82, 2.24) is 20.2 Å². The number of hydrogen-bond acceptors (Lipinski definition) is 6. The molecule has 0 aliphatic carbocycles. The van der Waals surface area contributed by atoms with E-state index in [2.05, 4.69) is 31.5 Å². The SMILES string of the molecule is c1ccc2oc(Nc3nnc(Cc4ccncc4)c4ccccc34)nc2c1. The highest BCUT2D eigenvalue weighted by molar-refractivity contribution is 5.94. The molecule has 0 aliphatic heterocycles. The maximum absolute atomic E-state index is 5.75. The average molecular weight is 353 g/mol. The molecular formula is C21H15N5O. The van der Waals surface area contributed by atoms with Crippen LogP contribution in [0.1, 0.15) is 11.3 Å². The summed E-state index contributed by atoms with van der Waals surface area (Å²) in [5.41, 5.74) is 3.59. The molecule has 27 heavy (non-hydrogen) atoms. The van der Waals surface area contributed by atoms with Crippen molar-refractivity contribution < 1.29 is 4.42 Å². The minimum atomic E-state index is 0.400. The van der Waals surface area contributed by atoms with E-state index in [4.69, 9.17) is 4.42 Å². The average Bonchev–Trinajstić information content (AvgIpc) is 3.13. The maximum atomic E-state index is 5.75. The summed E-state index contributed by atoms with van der Waals surface area (Å²) in [6.45, 7) is 0. The van der Waals surface area contributed by atoms with Gasteiger partial charge in [-0.05, 0) is 29.8 Å². The second kappa shape index (κ2) is 6.49. The van der Waals surface area contributed by atoms with Gasteiger partial charge in [0.2, 0.25) is 0 Å². The minimum absolute atomic E-state index is 0.400. The quantitative estimate of drug-likeness (QED) is 0.513. The molecular weight excluding hydrogens is 338 g/mol. The van der Waals surface area contributed by atoms with Gasteiger partial charge >= 0.3 is 6.01 Å². The van der Waals surface area contributed by atoms with Gasteiger partial charge in [0.1, 0.15) is 5.52 Å². The van der Waals surface area contributed by atoms with Crippen molar-refractivity contribution >= 4 is 33.7 Å². The number of aromatic nitrogens is 4. The topological polar surface area (TPSA) is 76.7 Å². The molecule has 130 valence electrons. The van der Waals surface area contributed by atoms with Gasteiger partial charge in [-0.25, -0.2) is 0 Å². The van der Waals surface area contributed by atoms with Crippen molar-refractivity contribution in [3.05, 3.63) is 84.3 Å². The van der Waals surface area contributed by atoms with E-state index in [9.17, 15) is 0 Å². The van der Waals surface area contributed by atoms with Crippen molar-refractivity contribution in [2.24, 2.45) is 0 Å². The number of benzene rings is 2. The van der Waals surface area contributed by atoms with Crippen LogP contribution in [0, 0.1) is 0 Å². The number of pyridine rings is 1. The van der Waals surface area contributed by atoms with Gasteiger partial charge in [-0.15, -0.1) is 5.10 Å². The molecule has 6 heteroatoms. The van der Waals surface area contributed by atoms with Crippen LogP contribution in [0.4, 0.5) is 11.8 Å². The lowest BCUT2D eigenvalue weighted by atomic mass is 10.1. The summed E-state index contributed by atoms with van der Waals surface area (Å²) in [6, 6.07) is 20.1. The highest BCUT2D eigenvalue weighted by Crippen LogP contribution is 2.28. The van der Waals surface area contributed by atoms with Gasteiger partial charge in [-0.2, -0.15) is 10.1 Å². The Bertz CT molecular complexity index is 1200. The van der Waals surface area contributed by atoms with E-state index in [1.54, 1.807) is 12.4 Å². The van der Waals surface area contributed by atoms with Crippen molar-refractivity contribution in [1.29, 1.82) is 0 Å². The molecule has 3 heterocycles. The first-order valence-electron chi connectivity index (χ1n) is 8.62. The van der Waals surface area contributed by atoms with Crippen LogP contribution in [0.15, 0.2) is 77.5 Å². The summed E-state index contributed by atoms with van der Waals surface area (Å²) < 4.78 is 5.75. The molecule has 1 N–H and O–H groups in total. The first kappa shape index (κ1) is 15.5. The lowest BCUT2D eigenvalue weighted by Crippen LogP contribution is -2.02. The van der Waals surface area contributed by atoms with Crippen LogP contribution in [0.25, 0.3) is 21.9 Å². The number of fused-ring (bicyclic) bond motifs is 2. The molecule has 0 saturated carbocycles. The second-order valence-electron chi connectivity index (χ2n) is 6.18. The van der Waals surface area contributed by atoms with E-state index in [1.807, 2.05) is 54.6 Å². The number of oxazole rings is 1. The van der Waals surface area contributed by atoms with Gasteiger partial charge < -0.3 is 4.42 Å². The van der Waals surface area contributed by atoms with Crippen LogP contribution in [0.3, 0.4) is 0 Å². The number of nitrogens with one attached hydrogen (secondary N) is 1. The van der Waals surface area contributed by atoms with Crippen molar-refractivity contribution in [3.63, 3.8) is 0 Å². The van der Waals surface area contributed by atoms with Gasteiger partial charge in [0, 0.05) is 29.6 Å². The Hall–Kier alpha value is -3.80. The van der Waals surface area contributed by atoms with Crippen LogP contribution in [0.2, 0.25) is 0 Å². The first-order valence-corrected chi connectivity index (χ1v) is 8.62.